The molecule has 0 radical (unpaired) electrons. The average Bonchev–Trinajstić information content (AvgIpc) is 2.75. The van der Waals surface area contributed by atoms with E-state index in [1.807, 2.05) is 30.3 Å². The van der Waals surface area contributed by atoms with Gasteiger partial charge in [0.2, 0.25) is 15.9 Å². The van der Waals surface area contributed by atoms with Crippen molar-refractivity contribution in [1.29, 1.82) is 0 Å². The monoisotopic (exact) mass is 416 g/mol. The fraction of sp³-hybridized carbons (Fsp3) is 0.333. The summed E-state index contributed by atoms with van der Waals surface area (Å²) in [6, 6.07) is 15.2. The van der Waals surface area contributed by atoms with Crippen molar-refractivity contribution in [1.82, 2.24) is 9.21 Å². The van der Waals surface area contributed by atoms with Crippen LogP contribution in [0, 0.1) is 0 Å². The minimum Gasteiger partial charge on any atom is -0.462 e. The number of nitrogens with zero attached hydrogens (tertiary/aromatic N) is 2. The van der Waals surface area contributed by atoms with Crippen LogP contribution >= 0.6 is 0 Å². The summed E-state index contributed by atoms with van der Waals surface area (Å²) in [7, 11) is -3.68. The first-order chi connectivity index (χ1) is 13.9. The van der Waals surface area contributed by atoms with E-state index >= 15 is 0 Å². The Balaban J connectivity index is 1.60. The first-order valence-corrected chi connectivity index (χ1v) is 10.9. The van der Waals surface area contributed by atoms with Gasteiger partial charge in [0.05, 0.1) is 23.5 Å². The molecule has 0 N–H and O–H groups in total. The summed E-state index contributed by atoms with van der Waals surface area (Å²) in [5.41, 5.74) is 1.25. The van der Waals surface area contributed by atoms with Crippen LogP contribution < -0.4 is 0 Å². The number of sulfonamides is 1. The van der Waals surface area contributed by atoms with Crippen molar-refractivity contribution in [3.63, 3.8) is 0 Å². The van der Waals surface area contributed by atoms with Crippen LogP contribution in [-0.2, 0) is 26.0 Å². The van der Waals surface area contributed by atoms with Gasteiger partial charge in [-0.3, -0.25) is 4.79 Å². The SMILES string of the molecule is CCOC(=O)c1ccc(S(=O)(=O)N2CCN(C(=O)Cc3ccccc3)CC2)cc1. The van der Waals surface area contributed by atoms with Gasteiger partial charge in [0.15, 0.2) is 0 Å². The molecule has 0 atom stereocenters. The van der Waals surface area contributed by atoms with E-state index < -0.39 is 16.0 Å². The van der Waals surface area contributed by atoms with Crippen molar-refractivity contribution in [3.05, 3.63) is 65.7 Å². The van der Waals surface area contributed by atoms with E-state index in [0.29, 0.717) is 25.1 Å². The van der Waals surface area contributed by atoms with E-state index in [4.69, 9.17) is 4.74 Å². The molecule has 0 aromatic heterocycles. The molecule has 1 saturated heterocycles. The Labute approximate surface area is 170 Å². The summed E-state index contributed by atoms with van der Waals surface area (Å²) < 4.78 is 32.0. The van der Waals surface area contributed by atoms with Crippen LogP contribution in [0.15, 0.2) is 59.5 Å². The van der Waals surface area contributed by atoms with Crippen LogP contribution in [0.4, 0.5) is 0 Å². The molecule has 0 saturated carbocycles. The smallest absolute Gasteiger partial charge is 0.338 e. The lowest BCUT2D eigenvalue weighted by Gasteiger charge is -2.34. The van der Waals surface area contributed by atoms with Gasteiger partial charge in [0.25, 0.3) is 0 Å². The lowest BCUT2D eigenvalue weighted by molar-refractivity contribution is -0.131. The zero-order chi connectivity index (χ0) is 20.9. The second-order valence-corrected chi connectivity index (χ2v) is 8.63. The molecule has 2 aromatic rings. The normalized spacial score (nSPS) is 15.1. The highest BCUT2D eigenvalue weighted by Gasteiger charge is 2.30. The summed E-state index contributed by atoms with van der Waals surface area (Å²) >= 11 is 0. The summed E-state index contributed by atoms with van der Waals surface area (Å²) in [4.78, 5) is 26.0. The van der Waals surface area contributed by atoms with Crippen molar-refractivity contribution < 1.29 is 22.7 Å². The molecule has 1 heterocycles. The van der Waals surface area contributed by atoms with Crippen molar-refractivity contribution in [2.45, 2.75) is 18.2 Å². The predicted molar refractivity (Wildman–Crippen MR) is 108 cm³/mol. The summed E-state index contributed by atoms with van der Waals surface area (Å²) in [6.07, 6.45) is 0.308. The van der Waals surface area contributed by atoms with Gasteiger partial charge in [-0.2, -0.15) is 4.31 Å². The van der Waals surface area contributed by atoms with Gasteiger partial charge in [0, 0.05) is 26.2 Å². The lowest BCUT2D eigenvalue weighted by atomic mass is 10.1. The van der Waals surface area contributed by atoms with E-state index in [2.05, 4.69) is 0 Å². The van der Waals surface area contributed by atoms with Gasteiger partial charge in [-0.1, -0.05) is 30.3 Å². The molecule has 7 nitrogen and oxygen atoms in total. The van der Waals surface area contributed by atoms with E-state index in [9.17, 15) is 18.0 Å². The average molecular weight is 416 g/mol. The van der Waals surface area contributed by atoms with Crippen LogP contribution in [-0.4, -0.2) is 62.3 Å². The molecule has 1 amide bonds. The minimum atomic E-state index is -3.68. The maximum atomic E-state index is 12.9. The van der Waals surface area contributed by atoms with Crippen LogP contribution in [0.2, 0.25) is 0 Å². The predicted octanol–water partition coefficient (Wildman–Crippen LogP) is 1.94. The number of carbonyl (C=O) groups is 2. The number of ether oxygens (including phenoxy) is 1. The van der Waals surface area contributed by atoms with Crippen LogP contribution in [0.5, 0.6) is 0 Å². The Hall–Kier alpha value is -2.71. The fourth-order valence-electron chi connectivity index (χ4n) is 3.19. The lowest BCUT2D eigenvalue weighted by Crippen LogP contribution is -2.50. The van der Waals surface area contributed by atoms with Crippen molar-refractivity contribution in [3.8, 4) is 0 Å². The van der Waals surface area contributed by atoms with Crippen molar-refractivity contribution in [2.75, 3.05) is 32.8 Å². The Bertz CT molecular complexity index is 950. The zero-order valence-electron chi connectivity index (χ0n) is 16.3. The minimum absolute atomic E-state index is 0.00737. The molecule has 1 fully saturated rings. The highest BCUT2D eigenvalue weighted by atomic mass is 32.2. The van der Waals surface area contributed by atoms with E-state index in [0.717, 1.165) is 5.56 Å². The number of benzene rings is 2. The van der Waals surface area contributed by atoms with Gasteiger partial charge in [-0.15, -0.1) is 0 Å². The van der Waals surface area contributed by atoms with E-state index in [1.54, 1.807) is 11.8 Å². The van der Waals surface area contributed by atoms with Crippen molar-refractivity contribution >= 4 is 21.9 Å². The number of piperazine rings is 1. The number of amides is 1. The fourth-order valence-corrected chi connectivity index (χ4v) is 4.61. The number of carbonyl (C=O) groups excluding carboxylic acids is 2. The maximum Gasteiger partial charge on any atom is 0.338 e. The third-order valence-corrected chi connectivity index (χ3v) is 6.71. The maximum absolute atomic E-state index is 12.9. The molecular weight excluding hydrogens is 392 g/mol. The molecule has 0 unspecified atom stereocenters. The largest absolute Gasteiger partial charge is 0.462 e. The Morgan fingerprint density at radius 3 is 2.14 bits per heavy atom. The zero-order valence-corrected chi connectivity index (χ0v) is 17.1. The van der Waals surface area contributed by atoms with Gasteiger partial charge < -0.3 is 9.64 Å². The van der Waals surface area contributed by atoms with Crippen LogP contribution in [0.25, 0.3) is 0 Å². The van der Waals surface area contributed by atoms with Gasteiger partial charge >= 0.3 is 5.97 Å². The molecular formula is C21H24N2O5S. The number of esters is 1. The van der Waals surface area contributed by atoms with Gasteiger partial charge in [-0.05, 0) is 36.8 Å². The Morgan fingerprint density at radius 2 is 1.55 bits per heavy atom. The number of rotatable bonds is 6. The van der Waals surface area contributed by atoms with Gasteiger partial charge in [-0.25, -0.2) is 13.2 Å². The highest BCUT2D eigenvalue weighted by molar-refractivity contribution is 7.89. The molecule has 0 aliphatic carbocycles. The van der Waals surface area contributed by atoms with E-state index in [1.165, 1.54) is 28.6 Å². The first kappa shape index (κ1) is 21.0. The molecule has 29 heavy (non-hydrogen) atoms. The van der Waals surface area contributed by atoms with Crippen LogP contribution in [0.3, 0.4) is 0 Å². The van der Waals surface area contributed by atoms with E-state index in [-0.39, 0.29) is 30.5 Å². The quantitative estimate of drug-likeness (QED) is 0.672. The molecule has 8 heteroatoms. The molecule has 0 bridgehead atoms. The Kier molecular flexibility index (Phi) is 6.66. The second kappa shape index (κ2) is 9.19. The molecule has 0 spiro atoms. The third-order valence-electron chi connectivity index (χ3n) is 4.79. The molecule has 154 valence electrons. The summed E-state index contributed by atoms with van der Waals surface area (Å²) in [5.74, 6) is -0.492. The molecule has 3 rings (SSSR count). The highest BCUT2D eigenvalue weighted by Crippen LogP contribution is 2.19. The standard InChI is InChI=1S/C21H24N2O5S/c1-2-28-21(25)18-8-10-19(11-9-18)29(26,27)23-14-12-22(13-15-23)20(24)16-17-6-4-3-5-7-17/h3-11H,2,12-16H2,1H3. The third kappa shape index (κ3) is 5.02. The van der Waals surface area contributed by atoms with Gasteiger partial charge in [0.1, 0.15) is 0 Å². The molecule has 2 aromatic carbocycles. The summed E-state index contributed by atoms with van der Waals surface area (Å²) in [5, 5.41) is 0. The second-order valence-electron chi connectivity index (χ2n) is 6.69. The summed E-state index contributed by atoms with van der Waals surface area (Å²) in [6.45, 7) is 3.15. The number of hydrogen-bond donors (Lipinski definition) is 0. The van der Waals surface area contributed by atoms with Crippen LogP contribution in [0.1, 0.15) is 22.8 Å². The Morgan fingerprint density at radius 1 is 0.931 bits per heavy atom. The molecule has 1 aliphatic heterocycles. The molecule has 1 aliphatic rings. The first-order valence-electron chi connectivity index (χ1n) is 9.51. The van der Waals surface area contributed by atoms with Crippen molar-refractivity contribution in [2.24, 2.45) is 0 Å². The topological polar surface area (TPSA) is 84.0 Å². The number of hydrogen-bond acceptors (Lipinski definition) is 5.